The zero-order valence-corrected chi connectivity index (χ0v) is 13.0. The highest BCUT2D eigenvalue weighted by atomic mass is 32.1. The molecular formula is C15H21N3O2S. The Morgan fingerprint density at radius 2 is 2.43 bits per heavy atom. The predicted molar refractivity (Wildman–Crippen MR) is 86.5 cm³/mol. The van der Waals surface area contributed by atoms with E-state index in [1.165, 1.54) is 0 Å². The molecule has 21 heavy (non-hydrogen) atoms. The van der Waals surface area contributed by atoms with E-state index in [2.05, 4.69) is 15.5 Å². The van der Waals surface area contributed by atoms with E-state index in [1.54, 1.807) is 6.20 Å². The van der Waals surface area contributed by atoms with Crippen LogP contribution in [0.5, 0.6) is 0 Å². The third-order valence-corrected chi connectivity index (χ3v) is 4.39. The molecule has 1 aromatic heterocycles. The van der Waals surface area contributed by atoms with Crippen molar-refractivity contribution in [3.8, 4) is 0 Å². The molecule has 1 unspecified atom stereocenters. The minimum Gasteiger partial charge on any atom is -0.393 e. The van der Waals surface area contributed by atoms with Gasteiger partial charge in [0.1, 0.15) is 6.61 Å². The summed E-state index contributed by atoms with van der Waals surface area (Å²) in [6.45, 7) is 0.145. The lowest BCUT2D eigenvalue weighted by atomic mass is 9.68. The number of nitrogens with one attached hydrogen (secondary N) is 1. The Hall–Kier alpha value is -1.53. The van der Waals surface area contributed by atoms with Gasteiger partial charge in [0.05, 0.1) is 22.7 Å². The van der Waals surface area contributed by atoms with E-state index in [0.29, 0.717) is 0 Å². The molecule has 1 aliphatic rings. The van der Waals surface area contributed by atoms with E-state index in [-0.39, 0.29) is 13.2 Å². The number of oxime groups is 1. The molecule has 1 aliphatic carbocycles. The van der Waals surface area contributed by atoms with Crippen LogP contribution in [0.1, 0.15) is 31.2 Å². The van der Waals surface area contributed by atoms with E-state index in [9.17, 15) is 0 Å². The summed E-state index contributed by atoms with van der Waals surface area (Å²) < 4.78 is 0. The predicted octanol–water partition coefficient (Wildman–Crippen LogP) is 1.81. The second-order valence-electron chi connectivity index (χ2n) is 5.03. The Balaban J connectivity index is 2.45. The van der Waals surface area contributed by atoms with E-state index < -0.39 is 5.41 Å². The molecule has 0 aliphatic heterocycles. The molecule has 0 amide bonds. The summed E-state index contributed by atoms with van der Waals surface area (Å²) in [6.07, 6.45) is 7.46. The number of aliphatic hydroxyl groups is 1. The molecule has 0 bridgehead atoms. The number of aliphatic hydroxyl groups excluding tert-OH is 1. The van der Waals surface area contributed by atoms with Crippen LogP contribution in [-0.4, -0.2) is 41.1 Å². The largest absolute Gasteiger partial charge is 0.393 e. The van der Waals surface area contributed by atoms with E-state index in [0.717, 1.165) is 41.9 Å². The summed E-state index contributed by atoms with van der Waals surface area (Å²) in [5.74, 6) is 0. The molecule has 0 saturated heterocycles. The fourth-order valence-corrected chi connectivity index (χ4v) is 3.18. The maximum absolute atomic E-state index is 8.86. The van der Waals surface area contributed by atoms with Crippen molar-refractivity contribution in [2.45, 2.75) is 31.1 Å². The fourth-order valence-electron chi connectivity index (χ4n) is 2.84. The van der Waals surface area contributed by atoms with Crippen LogP contribution in [0.2, 0.25) is 0 Å². The van der Waals surface area contributed by atoms with Gasteiger partial charge in [-0.05, 0) is 30.9 Å². The Morgan fingerprint density at radius 3 is 3.10 bits per heavy atom. The van der Waals surface area contributed by atoms with Crippen molar-refractivity contribution in [1.29, 1.82) is 0 Å². The first-order valence-corrected chi connectivity index (χ1v) is 7.59. The standard InChI is InChI=1S/C15H21N3O2S/c1-16-14(21)15(12-5-4-8-17-11-12)7-3-2-6-13(15)18-20-10-9-19/h4-5,8,11,19H,2-3,6-7,9-10H2,1H3,(H,16,21). The second kappa shape index (κ2) is 7.47. The SMILES string of the molecule is CNC(=S)C1(c2cccnc2)CCCCC1=NOCCO. The molecule has 2 rings (SSSR count). The smallest absolute Gasteiger partial charge is 0.140 e. The topological polar surface area (TPSA) is 66.7 Å². The minimum absolute atomic E-state index is 0.0485. The van der Waals surface area contributed by atoms with Gasteiger partial charge < -0.3 is 15.3 Å². The summed E-state index contributed by atoms with van der Waals surface area (Å²) in [6, 6.07) is 3.94. The molecular weight excluding hydrogens is 286 g/mol. The highest BCUT2D eigenvalue weighted by molar-refractivity contribution is 7.80. The van der Waals surface area contributed by atoms with Crippen LogP contribution in [0.3, 0.4) is 0 Å². The lowest BCUT2D eigenvalue weighted by molar-refractivity contribution is 0.0966. The zero-order chi connectivity index (χ0) is 15.1. The van der Waals surface area contributed by atoms with Gasteiger partial charge in [0, 0.05) is 19.4 Å². The number of pyridine rings is 1. The number of nitrogens with zero attached hydrogens (tertiary/aromatic N) is 2. The van der Waals surface area contributed by atoms with Crippen LogP contribution in [0.25, 0.3) is 0 Å². The highest BCUT2D eigenvalue weighted by Gasteiger charge is 2.44. The van der Waals surface area contributed by atoms with Gasteiger partial charge in [0.2, 0.25) is 0 Å². The maximum atomic E-state index is 8.86. The van der Waals surface area contributed by atoms with Gasteiger partial charge in [0.25, 0.3) is 0 Å². The number of likely N-dealkylation sites (N-methyl/N-ethyl adjacent to an activating group) is 1. The number of rotatable bonds is 5. The third kappa shape index (κ3) is 3.22. The lowest BCUT2D eigenvalue weighted by Gasteiger charge is -2.38. The quantitative estimate of drug-likeness (QED) is 0.493. The first-order valence-electron chi connectivity index (χ1n) is 7.18. The monoisotopic (exact) mass is 307 g/mol. The number of hydrogen-bond acceptors (Lipinski definition) is 5. The Bertz CT molecular complexity index is 507. The highest BCUT2D eigenvalue weighted by Crippen LogP contribution is 2.38. The molecule has 2 N–H and O–H groups in total. The van der Waals surface area contributed by atoms with Crippen molar-refractivity contribution in [2.75, 3.05) is 20.3 Å². The minimum atomic E-state index is -0.452. The molecule has 0 spiro atoms. The van der Waals surface area contributed by atoms with Crippen molar-refractivity contribution in [3.05, 3.63) is 30.1 Å². The van der Waals surface area contributed by atoms with Gasteiger partial charge >= 0.3 is 0 Å². The summed E-state index contributed by atoms with van der Waals surface area (Å²) >= 11 is 5.60. The summed E-state index contributed by atoms with van der Waals surface area (Å²) in [5, 5.41) is 16.2. The molecule has 1 heterocycles. The summed E-state index contributed by atoms with van der Waals surface area (Å²) in [4.78, 5) is 10.2. The Kier molecular flexibility index (Phi) is 5.64. The normalized spacial score (nSPS) is 23.8. The lowest BCUT2D eigenvalue weighted by Crippen LogP contribution is -2.50. The van der Waals surface area contributed by atoms with Gasteiger partial charge in [-0.1, -0.05) is 29.9 Å². The van der Waals surface area contributed by atoms with E-state index >= 15 is 0 Å². The van der Waals surface area contributed by atoms with Crippen molar-refractivity contribution in [1.82, 2.24) is 10.3 Å². The number of aromatic nitrogens is 1. The molecule has 5 nitrogen and oxygen atoms in total. The first kappa shape index (κ1) is 15.9. The van der Waals surface area contributed by atoms with Gasteiger partial charge in [0.15, 0.2) is 0 Å². The molecule has 0 aromatic carbocycles. The summed E-state index contributed by atoms with van der Waals surface area (Å²) in [5.41, 5.74) is 1.50. The maximum Gasteiger partial charge on any atom is 0.140 e. The Labute approximate surface area is 130 Å². The second-order valence-corrected chi connectivity index (χ2v) is 5.44. The number of hydrogen-bond donors (Lipinski definition) is 2. The zero-order valence-electron chi connectivity index (χ0n) is 12.2. The van der Waals surface area contributed by atoms with Crippen LogP contribution >= 0.6 is 12.2 Å². The summed E-state index contributed by atoms with van der Waals surface area (Å²) in [7, 11) is 1.83. The van der Waals surface area contributed by atoms with Crippen LogP contribution in [0.15, 0.2) is 29.7 Å². The van der Waals surface area contributed by atoms with Gasteiger partial charge in [-0.15, -0.1) is 0 Å². The fraction of sp³-hybridized carbons (Fsp3) is 0.533. The molecule has 1 fully saturated rings. The van der Waals surface area contributed by atoms with Gasteiger partial charge in [-0.3, -0.25) is 4.98 Å². The molecule has 1 saturated carbocycles. The molecule has 0 radical (unpaired) electrons. The first-order chi connectivity index (χ1) is 10.3. The third-order valence-electron chi connectivity index (χ3n) is 3.83. The number of thiocarbonyl (C=S) groups is 1. The van der Waals surface area contributed by atoms with Crippen molar-refractivity contribution in [3.63, 3.8) is 0 Å². The van der Waals surface area contributed by atoms with Crippen LogP contribution in [-0.2, 0) is 10.3 Å². The van der Waals surface area contributed by atoms with Crippen molar-refractivity contribution in [2.24, 2.45) is 5.16 Å². The molecule has 6 heteroatoms. The average molecular weight is 307 g/mol. The molecule has 114 valence electrons. The average Bonchev–Trinajstić information content (AvgIpc) is 2.55. The van der Waals surface area contributed by atoms with Gasteiger partial charge in [-0.25, -0.2) is 0 Å². The van der Waals surface area contributed by atoms with Gasteiger partial charge in [-0.2, -0.15) is 0 Å². The van der Waals surface area contributed by atoms with Crippen molar-refractivity contribution < 1.29 is 9.94 Å². The van der Waals surface area contributed by atoms with Crippen LogP contribution in [0.4, 0.5) is 0 Å². The van der Waals surface area contributed by atoms with Crippen molar-refractivity contribution >= 4 is 22.9 Å². The van der Waals surface area contributed by atoms with Crippen LogP contribution < -0.4 is 5.32 Å². The van der Waals surface area contributed by atoms with E-state index in [4.69, 9.17) is 22.2 Å². The molecule has 1 aromatic rings. The van der Waals surface area contributed by atoms with Crippen LogP contribution in [0, 0.1) is 0 Å². The molecule has 1 atom stereocenters. The van der Waals surface area contributed by atoms with E-state index in [1.807, 2.05) is 25.4 Å². The Morgan fingerprint density at radius 1 is 1.57 bits per heavy atom.